The van der Waals surface area contributed by atoms with Crippen molar-refractivity contribution >= 4 is 27.7 Å². The molecule has 2 aromatic rings. The average molecular weight is 374 g/mol. The second kappa shape index (κ2) is 6.29. The molecule has 1 aliphatic carbocycles. The molecule has 0 spiro atoms. The molecular weight excluding hydrogens is 358 g/mol. The predicted molar refractivity (Wildman–Crippen MR) is 95.1 cm³/mol. The Morgan fingerprint density at radius 2 is 1.76 bits per heavy atom. The largest absolute Gasteiger partial charge is 0.302 e. The number of sulfone groups is 1. The molecule has 3 rings (SSSR count). The fourth-order valence-corrected chi connectivity index (χ4v) is 5.66. The Bertz CT molecular complexity index is 946. The van der Waals surface area contributed by atoms with Crippen molar-refractivity contribution in [3.05, 3.63) is 64.7 Å². The van der Waals surface area contributed by atoms with Crippen LogP contribution < -0.4 is 0 Å². The summed E-state index contributed by atoms with van der Waals surface area (Å²) in [6.45, 7) is 2.02. The number of carbonyl (C=O) groups is 1. The van der Waals surface area contributed by atoms with Crippen molar-refractivity contribution in [3.63, 3.8) is 0 Å². The Kier molecular flexibility index (Phi) is 4.44. The number of nitrogens with zero attached hydrogens (tertiary/aromatic N) is 1. The lowest BCUT2D eigenvalue weighted by molar-refractivity contribution is -0.110. The highest BCUT2D eigenvalue weighted by atomic mass is 35.5. The highest BCUT2D eigenvalue weighted by Gasteiger charge is 2.72. The summed E-state index contributed by atoms with van der Waals surface area (Å²) in [4.78, 5) is 11.7. The van der Waals surface area contributed by atoms with Crippen molar-refractivity contribution in [2.75, 3.05) is 0 Å². The average Bonchev–Trinajstić information content (AvgIpc) is 3.33. The summed E-state index contributed by atoms with van der Waals surface area (Å²) in [5.74, 6) is -0.665. The van der Waals surface area contributed by atoms with Crippen LogP contribution in [-0.2, 0) is 21.1 Å². The van der Waals surface area contributed by atoms with Crippen LogP contribution in [0.3, 0.4) is 0 Å². The molecule has 3 atom stereocenters. The molecule has 0 amide bonds. The molecular formula is C19H16ClNO3S. The van der Waals surface area contributed by atoms with Crippen LogP contribution in [0.15, 0.2) is 53.4 Å². The first-order valence-corrected chi connectivity index (χ1v) is 9.79. The minimum Gasteiger partial charge on any atom is -0.302 e. The zero-order valence-electron chi connectivity index (χ0n) is 13.5. The molecule has 0 saturated heterocycles. The second-order valence-corrected chi connectivity index (χ2v) is 8.66. The molecule has 1 fully saturated rings. The topological polar surface area (TPSA) is 75.0 Å². The van der Waals surface area contributed by atoms with Gasteiger partial charge < -0.3 is 4.79 Å². The van der Waals surface area contributed by atoms with Crippen molar-refractivity contribution in [1.29, 1.82) is 5.26 Å². The molecule has 2 aromatic carbocycles. The minimum atomic E-state index is -3.84. The molecule has 0 N–H and O–H groups in total. The van der Waals surface area contributed by atoms with E-state index in [0.29, 0.717) is 16.9 Å². The SMILES string of the molecule is CCc1ccc([C@@H]2[C@@H](S(=O)(=O)c3ccc(Cl)cc3)[C@]2(C#N)C=O)cc1. The Labute approximate surface area is 152 Å². The van der Waals surface area contributed by atoms with Gasteiger partial charge in [0, 0.05) is 10.9 Å². The third-order valence-corrected chi connectivity index (χ3v) is 7.30. The van der Waals surface area contributed by atoms with Crippen LogP contribution in [0.5, 0.6) is 0 Å². The Balaban J connectivity index is 2.05. The van der Waals surface area contributed by atoms with E-state index in [0.717, 1.165) is 12.0 Å². The summed E-state index contributed by atoms with van der Waals surface area (Å²) in [5.41, 5.74) is 0.246. The van der Waals surface area contributed by atoms with Crippen molar-refractivity contribution in [1.82, 2.24) is 0 Å². The number of aldehydes is 1. The Morgan fingerprint density at radius 3 is 2.24 bits per heavy atom. The highest BCUT2D eigenvalue weighted by Crippen LogP contribution is 2.62. The van der Waals surface area contributed by atoms with Gasteiger partial charge in [0.1, 0.15) is 17.0 Å². The van der Waals surface area contributed by atoms with Crippen LogP contribution in [0.1, 0.15) is 24.0 Å². The summed E-state index contributed by atoms with van der Waals surface area (Å²) in [6, 6.07) is 15.1. The van der Waals surface area contributed by atoms with Gasteiger partial charge in [0.2, 0.25) is 0 Å². The molecule has 4 nitrogen and oxygen atoms in total. The summed E-state index contributed by atoms with van der Waals surface area (Å²) < 4.78 is 26.0. The maximum absolute atomic E-state index is 13.0. The molecule has 0 unspecified atom stereocenters. The highest BCUT2D eigenvalue weighted by molar-refractivity contribution is 7.92. The van der Waals surface area contributed by atoms with Gasteiger partial charge in [0.15, 0.2) is 9.84 Å². The van der Waals surface area contributed by atoms with Gasteiger partial charge >= 0.3 is 0 Å². The summed E-state index contributed by atoms with van der Waals surface area (Å²) >= 11 is 5.82. The smallest absolute Gasteiger partial charge is 0.183 e. The molecule has 0 aromatic heterocycles. The first-order chi connectivity index (χ1) is 11.9. The van der Waals surface area contributed by atoms with E-state index in [1.165, 1.54) is 24.3 Å². The molecule has 1 saturated carbocycles. The van der Waals surface area contributed by atoms with Gasteiger partial charge in [-0.1, -0.05) is 42.8 Å². The number of hydrogen-bond donors (Lipinski definition) is 0. The standard InChI is InChI=1S/C19H16ClNO3S/c1-2-13-3-5-14(6-4-13)17-18(19(17,11-21)12-22)25(23,24)16-9-7-15(20)8-10-16/h3-10,12,17-18H,2H2,1H3/t17-,18-,19-/m1/s1. The van der Waals surface area contributed by atoms with Gasteiger partial charge in [-0.2, -0.15) is 5.26 Å². The zero-order chi connectivity index (χ0) is 18.2. The van der Waals surface area contributed by atoms with Crippen LogP contribution in [0.4, 0.5) is 0 Å². The van der Waals surface area contributed by atoms with E-state index in [1.54, 1.807) is 12.1 Å². The number of benzene rings is 2. The maximum Gasteiger partial charge on any atom is 0.183 e. The molecule has 0 radical (unpaired) electrons. The number of carbonyl (C=O) groups excluding carboxylic acids is 1. The number of halogens is 1. The predicted octanol–water partition coefficient (Wildman–Crippen LogP) is 3.55. The first-order valence-electron chi connectivity index (χ1n) is 7.86. The molecule has 0 heterocycles. The van der Waals surface area contributed by atoms with E-state index in [1.807, 2.05) is 25.1 Å². The normalized spacial score (nSPS) is 25.2. The zero-order valence-corrected chi connectivity index (χ0v) is 15.1. The van der Waals surface area contributed by atoms with Gasteiger partial charge in [-0.25, -0.2) is 8.42 Å². The monoisotopic (exact) mass is 373 g/mol. The van der Waals surface area contributed by atoms with E-state index in [4.69, 9.17) is 11.6 Å². The molecule has 25 heavy (non-hydrogen) atoms. The van der Waals surface area contributed by atoms with E-state index in [9.17, 15) is 18.5 Å². The van der Waals surface area contributed by atoms with Gasteiger partial charge in [-0.15, -0.1) is 0 Å². The second-order valence-electron chi connectivity index (χ2n) is 6.16. The number of hydrogen-bond acceptors (Lipinski definition) is 4. The van der Waals surface area contributed by atoms with Crippen LogP contribution >= 0.6 is 11.6 Å². The van der Waals surface area contributed by atoms with Crippen molar-refractivity contribution in [3.8, 4) is 6.07 Å². The third-order valence-electron chi connectivity index (χ3n) is 4.79. The van der Waals surface area contributed by atoms with Crippen molar-refractivity contribution in [2.45, 2.75) is 29.4 Å². The Hall–Kier alpha value is -2.16. The van der Waals surface area contributed by atoms with Gasteiger partial charge in [-0.3, -0.25) is 0 Å². The minimum absolute atomic E-state index is 0.0658. The first kappa shape index (κ1) is 17.7. The van der Waals surface area contributed by atoms with Gasteiger partial charge in [0.05, 0.1) is 11.0 Å². The lowest BCUT2D eigenvalue weighted by atomic mass is 10.0. The molecule has 6 heteroatoms. The fraction of sp³-hybridized carbons (Fsp3) is 0.263. The van der Waals surface area contributed by atoms with E-state index >= 15 is 0 Å². The number of rotatable bonds is 5. The quantitative estimate of drug-likeness (QED) is 0.751. The molecule has 128 valence electrons. The van der Waals surface area contributed by atoms with E-state index < -0.39 is 26.4 Å². The number of nitriles is 1. The van der Waals surface area contributed by atoms with Crippen LogP contribution in [-0.4, -0.2) is 20.0 Å². The van der Waals surface area contributed by atoms with E-state index in [2.05, 4.69) is 0 Å². The fourth-order valence-electron chi connectivity index (χ4n) is 3.29. The molecule has 0 bridgehead atoms. The van der Waals surface area contributed by atoms with E-state index in [-0.39, 0.29) is 4.90 Å². The lowest BCUT2D eigenvalue weighted by Crippen LogP contribution is -2.16. The molecule has 0 aliphatic heterocycles. The van der Waals surface area contributed by atoms with Crippen molar-refractivity contribution in [2.24, 2.45) is 5.41 Å². The summed E-state index contributed by atoms with van der Waals surface area (Å²) in [5, 5.41) is 8.88. The summed E-state index contributed by atoms with van der Waals surface area (Å²) in [7, 11) is -3.84. The van der Waals surface area contributed by atoms with Crippen molar-refractivity contribution < 1.29 is 13.2 Å². The van der Waals surface area contributed by atoms with Crippen LogP contribution in [0.2, 0.25) is 5.02 Å². The summed E-state index contributed by atoms with van der Waals surface area (Å²) in [6.07, 6.45) is 1.33. The maximum atomic E-state index is 13.0. The number of aryl methyl sites for hydroxylation is 1. The molecule has 1 aliphatic rings. The van der Waals surface area contributed by atoms with Crippen LogP contribution in [0.25, 0.3) is 0 Å². The Morgan fingerprint density at radius 1 is 1.16 bits per heavy atom. The third kappa shape index (κ3) is 2.76. The van der Waals surface area contributed by atoms with Crippen LogP contribution in [0, 0.1) is 16.7 Å². The van der Waals surface area contributed by atoms with Gasteiger partial charge in [0.25, 0.3) is 0 Å². The lowest BCUT2D eigenvalue weighted by Gasteiger charge is -2.05. The van der Waals surface area contributed by atoms with Gasteiger partial charge in [-0.05, 0) is 41.8 Å².